The van der Waals surface area contributed by atoms with Gasteiger partial charge in [0.15, 0.2) is 0 Å². The van der Waals surface area contributed by atoms with Crippen molar-refractivity contribution in [3.8, 4) is 0 Å². The first-order valence-corrected chi connectivity index (χ1v) is 2.72. The van der Waals surface area contributed by atoms with Crippen LogP contribution in [-0.2, 0) is 4.79 Å². The molecule has 1 atom stereocenters. The molecule has 0 aliphatic carbocycles. The number of ketones is 1. The molecule has 0 fully saturated rings. The summed E-state index contributed by atoms with van der Waals surface area (Å²) in [6.45, 7) is 3.49. The first-order valence-electron chi connectivity index (χ1n) is 2.72. The van der Waals surface area contributed by atoms with Crippen LogP contribution in [0.15, 0.2) is 0 Å². The standard InChI is InChI=1S/C6H13NO/c1-5(6(2)8)7(3)4/h5H,1-4H3. The number of Topliss-reactive ketones (excluding diaryl/α,β-unsaturated/α-hetero) is 1. The molecule has 0 aliphatic rings. The maximum absolute atomic E-state index is 10.5. The Kier molecular flexibility index (Phi) is 2.69. The van der Waals surface area contributed by atoms with E-state index in [1.807, 2.05) is 25.9 Å². The maximum Gasteiger partial charge on any atom is 0.146 e. The van der Waals surface area contributed by atoms with E-state index in [1.54, 1.807) is 6.92 Å². The lowest BCUT2D eigenvalue weighted by molar-refractivity contribution is -0.120. The molecule has 0 aromatic carbocycles. The molecule has 0 spiro atoms. The van der Waals surface area contributed by atoms with Crippen LogP contribution in [0.1, 0.15) is 13.8 Å². The predicted molar refractivity (Wildman–Crippen MR) is 33.8 cm³/mol. The average Bonchev–Trinajstić information content (AvgIpc) is 1.64. The third-order valence-corrected chi connectivity index (χ3v) is 1.36. The highest BCUT2D eigenvalue weighted by Gasteiger charge is 2.07. The molecule has 0 heterocycles. The Morgan fingerprint density at radius 1 is 1.50 bits per heavy atom. The van der Waals surface area contributed by atoms with E-state index in [1.165, 1.54) is 0 Å². The first kappa shape index (κ1) is 7.63. The van der Waals surface area contributed by atoms with Crippen LogP contribution < -0.4 is 0 Å². The SMILES string of the molecule is CC(=O)C(C)N(C)C. The number of likely N-dealkylation sites (N-methyl/N-ethyl adjacent to an activating group) is 1. The first-order chi connectivity index (χ1) is 3.55. The van der Waals surface area contributed by atoms with E-state index in [4.69, 9.17) is 0 Å². The van der Waals surface area contributed by atoms with Crippen LogP contribution in [0, 0.1) is 0 Å². The van der Waals surface area contributed by atoms with E-state index >= 15 is 0 Å². The van der Waals surface area contributed by atoms with Crippen molar-refractivity contribution < 1.29 is 4.79 Å². The smallest absolute Gasteiger partial charge is 0.146 e. The van der Waals surface area contributed by atoms with Crippen LogP contribution in [0.25, 0.3) is 0 Å². The summed E-state index contributed by atoms with van der Waals surface area (Å²) in [7, 11) is 3.79. The van der Waals surface area contributed by atoms with Crippen LogP contribution in [0.4, 0.5) is 0 Å². The second-order valence-electron chi connectivity index (χ2n) is 2.25. The minimum absolute atomic E-state index is 0.0648. The minimum atomic E-state index is 0.0648. The van der Waals surface area contributed by atoms with E-state index in [-0.39, 0.29) is 11.8 Å². The number of carbonyl (C=O) groups is 1. The molecule has 0 aromatic rings. The van der Waals surface area contributed by atoms with Crippen LogP contribution in [0.3, 0.4) is 0 Å². The Hall–Kier alpha value is -0.370. The topological polar surface area (TPSA) is 20.3 Å². The lowest BCUT2D eigenvalue weighted by Crippen LogP contribution is -2.30. The van der Waals surface area contributed by atoms with Crippen LogP contribution in [0.2, 0.25) is 0 Å². The molecule has 0 radical (unpaired) electrons. The highest BCUT2D eigenvalue weighted by Crippen LogP contribution is 1.90. The van der Waals surface area contributed by atoms with Crippen molar-refractivity contribution in [1.82, 2.24) is 4.90 Å². The number of rotatable bonds is 2. The van der Waals surface area contributed by atoms with Crippen LogP contribution in [0.5, 0.6) is 0 Å². The Morgan fingerprint density at radius 3 is 1.88 bits per heavy atom. The summed E-state index contributed by atoms with van der Waals surface area (Å²) < 4.78 is 0. The second kappa shape index (κ2) is 2.82. The van der Waals surface area contributed by atoms with Gasteiger partial charge in [0.25, 0.3) is 0 Å². The van der Waals surface area contributed by atoms with Gasteiger partial charge < -0.3 is 0 Å². The van der Waals surface area contributed by atoms with Gasteiger partial charge in [0.2, 0.25) is 0 Å². The lowest BCUT2D eigenvalue weighted by Gasteiger charge is -2.15. The Morgan fingerprint density at radius 2 is 1.88 bits per heavy atom. The second-order valence-corrected chi connectivity index (χ2v) is 2.25. The normalized spacial score (nSPS) is 14.1. The summed E-state index contributed by atoms with van der Waals surface area (Å²) >= 11 is 0. The Bertz CT molecular complexity index is 88.5. The quantitative estimate of drug-likeness (QED) is 0.523. The van der Waals surface area contributed by atoms with Crippen molar-refractivity contribution >= 4 is 5.78 Å². The zero-order valence-corrected chi connectivity index (χ0v) is 5.93. The third-order valence-electron chi connectivity index (χ3n) is 1.36. The molecule has 8 heavy (non-hydrogen) atoms. The van der Waals surface area contributed by atoms with Gasteiger partial charge in [-0.3, -0.25) is 9.69 Å². The molecule has 0 N–H and O–H groups in total. The van der Waals surface area contributed by atoms with Crippen molar-refractivity contribution in [2.24, 2.45) is 0 Å². The fourth-order valence-electron chi connectivity index (χ4n) is 0.364. The Balaban J connectivity index is 3.64. The van der Waals surface area contributed by atoms with Crippen molar-refractivity contribution in [3.63, 3.8) is 0 Å². The van der Waals surface area contributed by atoms with E-state index in [2.05, 4.69) is 0 Å². The number of carbonyl (C=O) groups excluding carboxylic acids is 1. The minimum Gasteiger partial charge on any atom is -0.300 e. The van der Waals surface area contributed by atoms with E-state index in [0.29, 0.717) is 0 Å². The van der Waals surface area contributed by atoms with Crippen LogP contribution in [-0.4, -0.2) is 30.8 Å². The van der Waals surface area contributed by atoms with Gasteiger partial charge in [-0.05, 0) is 27.9 Å². The molecule has 0 aromatic heterocycles. The molecule has 1 unspecified atom stereocenters. The highest BCUT2D eigenvalue weighted by atomic mass is 16.1. The van der Waals surface area contributed by atoms with Crippen molar-refractivity contribution in [2.75, 3.05) is 14.1 Å². The molecular formula is C6H13NO. The molecule has 0 amide bonds. The molecule has 0 saturated heterocycles. The highest BCUT2D eigenvalue weighted by molar-refractivity contribution is 5.80. The van der Waals surface area contributed by atoms with Gasteiger partial charge in [0, 0.05) is 0 Å². The Labute approximate surface area is 50.5 Å². The average molecular weight is 115 g/mol. The van der Waals surface area contributed by atoms with Gasteiger partial charge in [-0.2, -0.15) is 0 Å². The third kappa shape index (κ3) is 2.07. The van der Waals surface area contributed by atoms with E-state index in [9.17, 15) is 4.79 Å². The summed E-state index contributed by atoms with van der Waals surface area (Å²) in [5.41, 5.74) is 0. The number of hydrogen-bond acceptors (Lipinski definition) is 2. The zero-order valence-electron chi connectivity index (χ0n) is 5.93. The van der Waals surface area contributed by atoms with E-state index in [0.717, 1.165) is 0 Å². The van der Waals surface area contributed by atoms with Crippen molar-refractivity contribution in [1.29, 1.82) is 0 Å². The molecule has 48 valence electrons. The van der Waals surface area contributed by atoms with Gasteiger partial charge in [0.05, 0.1) is 6.04 Å². The van der Waals surface area contributed by atoms with Crippen molar-refractivity contribution in [3.05, 3.63) is 0 Å². The molecule has 2 nitrogen and oxygen atoms in total. The van der Waals surface area contributed by atoms with Crippen LogP contribution >= 0.6 is 0 Å². The molecule has 0 saturated carbocycles. The number of hydrogen-bond donors (Lipinski definition) is 0. The summed E-state index contributed by atoms with van der Waals surface area (Å²) in [5, 5.41) is 0. The van der Waals surface area contributed by atoms with Crippen molar-refractivity contribution in [2.45, 2.75) is 19.9 Å². The zero-order chi connectivity index (χ0) is 6.73. The van der Waals surface area contributed by atoms with Gasteiger partial charge in [-0.1, -0.05) is 0 Å². The fourth-order valence-corrected chi connectivity index (χ4v) is 0.364. The molecule has 0 bridgehead atoms. The fraction of sp³-hybridized carbons (Fsp3) is 0.833. The monoisotopic (exact) mass is 115 g/mol. The summed E-state index contributed by atoms with van der Waals surface area (Å²) in [6.07, 6.45) is 0. The molecule has 0 rings (SSSR count). The lowest BCUT2D eigenvalue weighted by atomic mass is 10.2. The molecule has 2 heteroatoms. The number of nitrogens with zero attached hydrogens (tertiary/aromatic N) is 1. The van der Waals surface area contributed by atoms with Gasteiger partial charge >= 0.3 is 0 Å². The summed E-state index contributed by atoms with van der Waals surface area (Å²) in [4.78, 5) is 12.4. The van der Waals surface area contributed by atoms with Gasteiger partial charge in [0.1, 0.15) is 5.78 Å². The van der Waals surface area contributed by atoms with Gasteiger partial charge in [-0.25, -0.2) is 0 Å². The largest absolute Gasteiger partial charge is 0.300 e. The summed E-state index contributed by atoms with van der Waals surface area (Å²) in [6, 6.07) is 0.0648. The summed E-state index contributed by atoms with van der Waals surface area (Å²) in [5.74, 6) is 0.218. The van der Waals surface area contributed by atoms with E-state index < -0.39 is 0 Å². The molecular weight excluding hydrogens is 102 g/mol. The predicted octanol–water partition coefficient (Wildman–Crippen LogP) is 0.526. The maximum atomic E-state index is 10.5. The molecule has 0 aliphatic heterocycles. The van der Waals surface area contributed by atoms with Gasteiger partial charge in [-0.15, -0.1) is 0 Å².